The van der Waals surface area contributed by atoms with Crippen LogP contribution in [0.3, 0.4) is 0 Å². The van der Waals surface area contributed by atoms with Crippen LogP contribution in [0.1, 0.15) is 10.4 Å². The molecule has 1 amide bonds. The average Bonchev–Trinajstić information content (AvgIpc) is 2.90. The fourth-order valence-electron chi connectivity index (χ4n) is 4.14. The van der Waals surface area contributed by atoms with E-state index >= 15 is 0 Å². The zero-order chi connectivity index (χ0) is 24.0. The molecule has 170 valence electrons. The number of amides is 1. The van der Waals surface area contributed by atoms with Crippen molar-refractivity contribution in [2.24, 2.45) is 5.73 Å². The van der Waals surface area contributed by atoms with Gasteiger partial charge in [-0.3, -0.25) is 4.79 Å². The molecule has 0 aromatic heterocycles. The summed E-state index contributed by atoms with van der Waals surface area (Å²) in [6, 6.07) is 41.9. The van der Waals surface area contributed by atoms with Crippen LogP contribution < -0.4 is 16.4 Å². The molecule has 5 aromatic rings. The maximum Gasteiger partial charge on any atom is 0.249 e. The molecule has 0 aliphatic carbocycles. The van der Waals surface area contributed by atoms with Crippen LogP contribution in [0.2, 0.25) is 0 Å². The summed E-state index contributed by atoms with van der Waals surface area (Å²) >= 11 is 0. The fourth-order valence-corrected chi connectivity index (χ4v) is 4.14. The van der Waals surface area contributed by atoms with Gasteiger partial charge in [0.15, 0.2) is 0 Å². The van der Waals surface area contributed by atoms with Crippen LogP contribution in [0.25, 0.3) is 22.3 Å². The van der Waals surface area contributed by atoms with Gasteiger partial charge in [0.1, 0.15) is 0 Å². The van der Waals surface area contributed by atoms with Crippen LogP contribution in [-0.4, -0.2) is 5.91 Å². The highest BCUT2D eigenvalue weighted by Gasteiger charge is 2.16. The number of benzene rings is 5. The first kappa shape index (κ1) is 22.0. The number of carbonyl (C=O) groups is 1. The summed E-state index contributed by atoms with van der Waals surface area (Å²) in [4.78, 5) is 12.6. The van der Waals surface area contributed by atoms with Gasteiger partial charge in [0, 0.05) is 22.7 Å². The zero-order valence-corrected chi connectivity index (χ0v) is 19.1. The van der Waals surface area contributed by atoms with Crippen LogP contribution in [0.5, 0.6) is 0 Å². The molecular formula is C31H25N3O. The van der Waals surface area contributed by atoms with E-state index in [1.807, 2.05) is 127 Å². The van der Waals surface area contributed by atoms with Gasteiger partial charge in [-0.05, 0) is 70.8 Å². The Labute approximate surface area is 205 Å². The van der Waals surface area contributed by atoms with Gasteiger partial charge in [0.05, 0.1) is 5.56 Å². The molecule has 35 heavy (non-hydrogen) atoms. The Kier molecular flexibility index (Phi) is 6.27. The summed E-state index contributed by atoms with van der Waals surface area (Å²) in [6.07, 6.45) is 0. The summed E-state index contributed by atoms with van der Waals surface area (Å²) in [6.45, 7) is 0. The Morgan fingerprint density at radius 2 is 0.829 bits per heavy atom. The highest BCUT2D eigenvalue weighted by molar-refractivity contribution is 6.06. The second-order valence-corrected chi connectivity index (χ2v) is 8.23. The number of hydrogen-bond donors (Lipinski definition) is 3. The van der Waals surface area contributed by atoms with Gasteiger partial charge >= 0.3 is 0 Å². The van der Waals surface area contributed by atoms with E-state index in [2.05, 4.69) is 10.6 Å². The van der Waals surface area contributed by atoms with Gasteiger partial charge in [0.2, 0.25) is 5.91 Å². The third-order valence-corrected chi connectivity index (χ3v) is 5.83. The Balaban J connectivity index is 1.44. The van der Waals surface area contributed by atoms with Crippen molar-refractivity contribution in [3.63, 3.8) is 0 Å². The van der Waals surface area contributed by atoms with E-state index in [1.54, 1.807) is 0 Å². The molecule has 0 saturated heterocycles. The van der Waals surface area contributed by atoms with E-state index in [-0.39, 0.29) is 0 Å². The fraction of sp³-hybridized carbons (Fsp3) is 0. The number of hydrogen-bond acceptors (Lipinski definition) is 3. The van der Waals surface area contributed by atoms with Gasteiger partial charge < -0.3 is 16.4 Å². The maximum absolute atomic E-state index is 12.6. The number of rotatable bonds is 7. The van der Waals surface area contributed by atoms with Crippen LogP contribution >= 0.6 is 0 Å². The summed E-state index contributed by atoms with van der Waals surface area (Å²) in [5.41, 5.74) is 13.9. The molecule has 0 atom stereocenters. The molecule has 0 radical (unpaired) electrons. The number of primary amides is 1. The Morgan fingerprint density at radius 3 is 1.20 bits per heavy atom. The van der Waals surface area contributed by atoms with Crippen molar-refractivity contribution in [1.82, 2.24) is 0 Å². The quantitative estimate of drug-likeness (QED) is 0.237. The number of para-hydroxylation sites is 2. The smallest absolute Gasteiger partial charge is 0.249 e. The highest BCUT2D eigenvalue weighted by atomic mass is 16.1. The van der Waals surface area contributed by atoms with Crippen molar-refractivity contribution in [1.29, 1.82) is 0 Å². The van der Waals surface area contributed by atoms with Crippen molar-refractivity contribution in [3.8, 4) is 22.3 Å². The Bertz CT molecular complexity index is 1330. The molecular weight excluding hydrogens is 430 g/mol. The van der Waals surface area contributed by atoms with Crippen molar-refractivity contribution in [2.45, 2.75) is 0 Å². The number of anilines is 4. The average molecular weight is 456 g/mol. The van der Waals surface area contributed by atoms with Gasteiger partial charge in [0.25, 0.3) is 0 Å². The minimum Gasteiger partial charge on any atom is -0.366 e. The van der Waals surface area contributed by atoms with E-state index in [0.717, 1.165) is 45.0 Å². The molecule has 0 fully saturated rings. The van der Waals surface area contributed by atoms with Gasteiger partial charge in [-0.25, -0.2) is 0 Å². The molecule has 0 spiro atoms. The second-order valence-electron chi connectivity index (χ2n) is 8.23. The van der Waals surface area contributed by atoms with Crippen molar-refractivity contribution < 1.29 is 4.79 Å². The van der Waals surface area contributed by atoms with E-state index in [1.165, 1.54) is 0 Å². The highest BCUT2D eigenvalue weighted by Crippen LogP contribution is 2.34. The molecule has 4 nitrogen and oxygen atoms in total. The first-order chi connectivity index (χ1) is 17.2. The Morgan fingerprint density at radius 1 is 0.457 bits per heavy atom. The lowest BCUT2D eigenvalue weighted by Gasteiger charge is -2.14. The first-order valence-electron chi connectivity index (χ1n) is 11.5. The summed E-state index contributed by atoms with van der Waals surface area (Å²) < 4.78 is 0. The number of carbonyl (C=O) groups excluding carboxylic acids is 1. The lowest BCUT2D eigenvalue weighted by Crippen LogP contribution is -2.14. The molecule has 0 heterocycles. The second kappa shape index (κ2) is 9.98. The molecule has 5 aromatic carbocycles. The summed E-state index contributed by atoms with van der Waals surface area (Å²) in [5.74, 6) is -0.450. The van der Waals surface area contributed by atoms with Crippen LogP contribution in [0.4, 0.5) is 22.7 Å². The van der Waals surface area contributed by atoms with E-state index in [9.17, 15) is 4.79 Å². The van der Waals surface area contributed by atoms with E-state index < -0.39 is 5.91 Å². The zero-order valence-electron chi connectivity index (χ0n) is 19.1. The first-order valence-corrected chi connectivity index (χ1v) is 11.5. The third kappa shape index (κ3) is 5.07. The Hall–Kier alpha value is -4.83. The predicted octanol–water partition coefficient (Wildman–Crippen LogP) is 7.61. The summed E-state index contributed by atoms with van der Waals surface area (Å²) in [7, 11) is 0. The molecule has 0 unspecified atom stereocenters. The molecule has 0 aliphatic rings. The standard InChI is InChI=1S/C31H25N3O/c32-31(35)30-28(22-14-18-26(19-15-22)33-24-8-3-1-4-9-24)12-7-13-29(30)23-16-20-27(21-17-23)34-25-10-5-2-6-11-25/h1-21,33-34H,(H2,32,35). The molecule has 0 saturated carbocycles. The predicted molar refractivity (Wildman–Crippen MR) is 145 cm³/mol. The SMILES string of the molecule is NC(=O)c1c(-c2ccc(Nc3ccccc3)cc2)cccc1-c1ccc(Nc2ccccc2)cc1. The van der Waals surface area contributed by atoms with Crippen LogP contribution in [-0.2, 0) is 0 Å². The molecule has 0 bridgehead atoms. The molecule has 0 aliphatic heterocycles. The molecule has 5 rings (SSSR count). The van der Waals surface area contributed by atoms with Gasteiger partial charge in [-0.1, -0.05) is 78.9 Å². The van der Waals surface area contributed by atoms with Crippen molar-refractivity contribution in [2.75, 3.05) is 10.6 Å². The van der Waals surface area contributed by atoms with E-state index in [0.29, 0.717) is 5.56 Å². The third-order valence-electron chi connectivity index (χ3n) is 5.83. The van der Waals surface area contributed by atoms with E-state index in [4.69, 9.17) is 5.73 Å². The monoisotopic (exact) mass is 455 g/mol. The maximum atomic E-state index is 12.6. The minimum atomic E-state index is -0.450. The van der Waals surface area contributed by atoms with Crippen LogP contribution in [0, 0.1) is 0 Å². The lowest BCUT2D eigenvalue weighted by molar-refractivity contribution is 0.100. The largest absolute Gasteiger partial charge is 0.366 e. The van der Waals surface area contributed by atoms with Gasteiger partial charge in [-0.2, -0.15) is 0 Å². The van der Waals surface area contributed by atoms with Crippen molar-refractivity contribution >= 4 is 28.7 Å². The summed E-state index contributed by atoms with van der Waals surface area (Å²) in [5, 5.41) is 6.76. The minimum absolute atomic E-state index is 0.450. The molecule has 4 N–H and O–H groups in total. The topological polar surface area (TPSA) is 67.2 Å². The normalized spacial score (nSPS) is 10.5. The molecule has 4 heteroatoms. The van der Waals surface area contributed by atoms with Crippen LogP contribution in [0.15, 0.2) is 127 Å². The van der Waals surface area contributed by atoms with Gasteiger partial charge in [-0.15, -0.1) is 0 Å². The number of nitrogens with two attached hydrogens (primary N) is 1. The number of nitrogens with one attached hydrogen (secondary N) is 2. The van der Waals surface area contributed by atoms with Crippen molar-refractivity contribution in [3.05, 3.63) is 133 Å². The lowest BCUT2D eigenvalue weighted by atomic mass is 9.91.